The van der Waals surface area contributed by atoms with E-state index in [1.165, 1.54) is 11.5 Å². The van der Waals surface area contributed by atoms with E-state index in [0.717, 1.165) is 0 Å². The molecular formula is C11H17N3O3. The molecule has 0 aliphatic heterocycles. The van der Waals surface area contributed by atoms with Crippen molar-refractivity contribution in [3.05, 3.63) is 21.6 Å². The van der Waals surface area contributed by atoms with Crippen LogP contribution >= 0.6 is 0 Å². The van der Waals surface area contributed by atoms with Crippen LogP contribution in [0.5, 0.6) is 0 Å². The van der Waals surface area contributed by atoms with Crippen LogP contribution in [-0.4, -0.2) is 34.1 Å². The predicted molar refractivity (Wildman–Crippen MR) is 64.3 cm³/mol. The van der Waals surface area contributed by atoms with Crippen molar-refractivity contribution in [1.82, 2.24) is 9.55 Å². The van der Waals surface area contributed by atoms with Crippen molar-refractivity contribution < 1.29 is 9.90 Å². The lowest BCUT2D eigenvalue weighted by Gasteiger charge is -2.13. The normalized spacial score (nSPS) is 10.4. The summed E-state index contributed by atoms with van der Waals surface area (Å²) in [5.41, 5.74) is 0.757. The number of carbonyl (C=O) groups excluding carboxylic acids is 1. The fraction of sp³-hybridized carbons (Fsp3) is 0.545. The fourth-order valence-electron chi connectivity index (χ4n) is 1.66. The Hall–Kier alpha value is -1.69. The van der Waals surface area contributed by atoms with Gasteiger partial charge in [-0.3, -0.25) is 14.2 Å². The second kappa shape index (κ2) is 5.58. The monoisotopic (exact) mass is 239 g/mol. The highest BCUT2D eigenvalue weighted by Crippen LogP contribution is 2.06. The number of carbonyl (C=O) groups is 1. The maximum atomic E-state index is 12.1. The summed E-state index contributed by atoms with van der Waals surface area (Å²) in [4.78, 5) is 27.5. The first kappa shape index (κ1) is 13.4. The molecule has 0 radical (unpaired) electrons. The van der Waals surface area contributed by atoms with Crippen LogP contribution in [0.3, 0.4) is 0 Å². The summed E-state index contributed by atoms with van der Waals surface area (Å²) >= 11 is 0. The minimum absolute atomic E-state index is 0.0132. The smallest absolute Gasteiger partial charge is 0.258 e. The lowest BCUT2D eigenvalue weighted by atomic mass is 10.2. The highest BCUT2D eigenvalue weighted by molar-refractivity contribution is 5.75. The average Bonchev–Trinajstić information content (AvgIpc) is 2.27. The number of rotatable bonds is 5. The first-order valence-electron chi connectivity index (χ1n) is 5.39. The Balaban J connectivity index is 3.38. The molecule has 0 aliphatic rings. The number of hydrogen-bond donors (Lipinski definition) is 2. The van der Waals surface area contributed by atoms with Gasteiger partial charge in [-0.25, -0.2) is 4.98 Å². The molecule has 6 heteroatoms. The van der Waals surface area contributed by atoms with Crippen molar-refractivity contribution in [2.45, 2.75) is 26.8 Å². The summed E-state index contributed by atoms with van der Waals surface area (Å²) in [6.07, 6.45) is 0.250. The maximum Gasteiger partial charge on any atom is 0.258 e. The van der Waals surface area contributed by atoms with E-state index in [0.29, 0.717) is 17.2 Å². The van der Waals surface area contributed by atoms with E-state index in [1.54, 1.807) is 14.0 Å². The minimum atomic E-state index is -0.272. The molecule has 2 N–H and O–H groups in total. The van der Waals surface area contributed by atoms with E-state index in [1.807, 2.05) is 0 Å². The highest BCUT2D eigenvalue weighted by Gasteiger charge is 2.13. The summed E-state index contributed by atoms with van der Waals surface area (Å²) in [5, 5.41) is 11.7. The lowest BCUT2D eigenvalue weighted by Crippen LogP contribution is -2.31. The van der Waals surface area contributed by atoms with Gasteiger partial charge in [0.05, 0.1) is 12.2 Å². The number of ketones is 1. The molecule has 0 aromatic carbocycles. The third-order valence-electron chi connectivity index (χ3n) is 2.44. The molecule has 0 atom stereocenters. The zero-order chi connectivity index (χ0) is 13.0. The number of anilines is 1. The number of Topliss-reactive ketones (excluding diaryl/α,β-unsaturated/α-hetero) is 1. The van der Waals surface area contributed by atoms with Gasteiger partial charge in [-0.05, 0) is 13.8 Å². The molecule has 0 fully saturated rings. The lowest BCUT2D eigenvalue weighted by molar-refractivity contribution is -0.117. The van der Waals surface area contributed by atoms with Gasteiger partial charge in [0.2, 0.25) is 5.95 Å². The topological polar surface area (TPSA) is 84.2 Å². The van der Waals surface area contributed by atoms with Crippen LogP contribution in [-0.2, 0) is 17.8 Å². The molecule has 17 heavy (non-hydrogen) atoms. The Morgan fingerprint density at radius 3 is 2.65 bits per heavy atom. The Morgan fingerprint density at radius 2 is 2.18 bits per heavy atom. The Labute approximate surface area is 99.3 Å². The van der Waals surface area contributed by atoms with Gasteiger partial charge in [-0.1, -0.05) is 0 Å². The van der Waals surface area contributed by atoms with Gasteiger partial charge in [0.1, 0.15) is 5.78 Å². The van der Waals surface area contributed by atoms with Crippen LogP contribution in [0.4, 0.5) is 5.95 Å². The molecule has 0 saturated carbocycles. The van der Waals surface area contributed by atoms with Crippen LogP contribution in [0, 0.1) is 6.92 Å². The summed E-state index contributed by atoms with van der Waals surface area (Å²) in [7, 11) is 1.64. The molecule has 0 unspecified atom stereocenters. The molecule has 1 aromatic rings. The first-order valence-corrected chi connectivity index (χ1v) is 5.39. The van der Waals surface area contributed by atoms with Gasteiger partial charge < -0.3 is 10.4 Å². The van der Waals surface area contributed by atoms with Crippen LogP contribution in [0.2, 0.25) is 0 Å². The molecule has 94 valence electrons. The molecule has 0 bridgehead atoms. The van der Waals surface area contributed by atoms with Gasteiger partial charge in [0.25, 0.3) is 5.56 Å². The number of aliphatic hydroxyl groups excluding tert-OH is 1. The summed E-state index contributed by atoms with van der Waals surface area (Å²) in [5.74, 6) is 0.244. The minimum Gasteiger partial charge on any atom is -0.396 e. The molecule has 1 aromatic heterocycles. The van der Waals surface area contributed by atoms with Crippen molar-refractivity contribution in [3.63, 3.8) is 0 Å². The second-order valence-electron chi connectivity index (χ2n) is 3.82. The molecule has 0 amide bonds. The van der Waals surface area contributed by atoms with Gasteiger partial charge in [-0.2, -0.15) is 0 Å². The average molecular weight is 239 g/mol. The first-order chi connectivity index (χ1) is 8.01. The van der Waals surface area contributed by atoms with Gasteiger partial charge in [-0.15, -0.1) is 0 Å². The molecule has 0 spiro atoms. The Kier molecular flexibility index (Phi) is 4.39. The van der Waals surface area contributed by atoms with Crippen molar-refractivity contribution in [2.75, 3.05) is 19.0 Å². The largest absolute Gasteiger partial charge is 0.396 e. The van der Waals surface area contributed by atoms with E-state index >= 15 is 0 Å². The van der Waals surface area contributed by atoms with E-state index in [9.17, 15) is 9.59 Å². The molecular weight excluding hydrogens is 222 g/mol. The summed E-state index contributed by atoms with van der Waals surface area (Å²) in [6, 6.07) is 0. The number of nitrogens with one attached hydrogen (secondary N) is 1. The number of aryl methyl sites for hydroxylation is 1. The molecule has 0 saturated heterocycles. The molecule has 1 heterocycles. The number of nitrogens with zero attached hydrogens (tertiary/aromatic N) is 2. The van der Waals surface area contributed by atoms with Gasteiger partial charge >= 0.3 is 0 Å². The molecule has 6 nitrogen and oxygen atoms in total. The SMILES string of the molecule is CNc1nc(C)c(CCO)c(=O)n1CC(C)=O. The zero-order valence-corrected chi connectivity index (χ0v) is 10.3. The van der Waals surface area contributed by atoms with Crippen LogP contribution in [0.1, 0.15) is 18.2 Å². The molecule has 0 aliphatic carbocycles. The van der Waals surface area contributed by atoms with E-state index in [4.69, 9.17) is 5.11 Å². The fourth-order valence-corrected chi connectivity index (χ4v) is 1.66. The van der Waals surface area contributed by atoms with Crippen molar-refractivity contribution in [2.24, 2.45) is 0 Å². The Bertz CT molecular complexity index is 480. The van der Waals surface area contributed by atoms with Crippen LogP contribution in [0.25, 0.3) is 0 Å². The Morgan fingerprint density at radius 1 is 1.53 bits per heavy atom. The van der Waals surface area contributed by atoms with Gasteiger partial charge in [0, 0.05) is 25.6 Å². The van der Waals surface area contributed by atoms with Crippen LogP contribution < -0.4 is 10.9 Å². The third-order valence-corrected chi connectivity index (χ3v) is 2.44. The van der Waals surface area contributed by atoms with E-state index < -0.39 is 0 Å². The number of aliphatic hydroxyl groups is 1. The third kappa shape index (κ3) is 2.91. The van der Waals surface area contributed by atoms with Crippen LogP contribution in [0.15, 0.2) is 4.79 Å². The quantitative estimate of drug-likeness (QED) is 0.738. The van der Waals surface area contributed by atoms with E-state index in [-0.39, 0.29) is 30.9 Å². The highest BCUT2D eigenvalue weighted by atomic mass is 16.3. The zero-order valence-electron chi connectivity index (χ0n) is 10.3. The molecule has 1 rings (SSSR count). The summed E-state index contributed by atoms with van der Waals surface area (Å²) in [6.45, 7) is 3.00. The van der Waals surface area contributed by atoms with Gasteiger partial charge in [0.15, 0.2) is 0 Å². The van der Waals surface area contributed by atoms with E-state index in [2.05, 4.69) is 10.3 Å². The van der Waals surface area contributed by atoms with Crippen molar-refractivity contribution >= 4 is 11.7 Å². The number of aromatic nitrogens is 2. The van der Waals surface area contributed by atoms with Crippen molar-refractivity contribution in [1.29, 1.82) is 0 Å². The van der Waals surface area contributed by atoms with Crippen molar-refractivity contribution in [3.8, 4) is 0 Å². The standard InChI is InChI=1S/C11H17N3O3/c1-7(16)6-14-10(17)9(4-5-15)8(2)13-11(14)12-3/h15H,4-6H2,1-3H3,(H,12,13). The predicted octanol–water partition coefficient (Wildman–Crippen LogP) is -0.283. The maximum absolute atomic E-state index is 12.1. The second-order valence-corrected chi connectivity index (χ2v) is 3.82. The summed E-state index contributed by atoms with van der Waals surface area (Å²) < 4.78 is 1.29. The number of hydrogen-bond acceptors (Lipinski definition) is 5.